The monoisotopic (exact) mass is 254 g/mol. The molecule has 2 heteroatoms. The molecule has 0 aliphatic heterocycles. The fraction of sp³-hybridized carbons (Fsp3) is 1.00. The zero-order valence-electron chi connectivity index (χ0n) is 12.7. The van der Waals surface area contributed by atoms with Gasteiger partial charge in [-0.2, -0.15) is 0 Å². The summed E-state index contributed by atoms with van der Waals surface area (Å²) in [6, 6.07) is 0.853. The molecule has 1 saturated carbocycles. The van der Waals surface area contributed by atoms with Crippen LogP contribution >= 0.6 is 0 Å². The Bertz CT molecular complexity index is 184. The Balaban J connectivity index is 2.36. The summed E-state index contributed by atoms with van der Waals surface area (Å²) in [5.41, 5.74) is 5.69. The van der Waals surface area contributed by atoms with Crippen molar-refractivity contribution >= 4 is 0 Å². The topological polar surface area (TPSA) is 29.3 Å². The average molecular weight is 254 g/mol. The van der Waals surface area contributed by atoms with Gasteiger partial charge in [0.2, 0.25) is 0 Å². The molecule has 0 amide bonds. The summed E-state index contributed by atoms with van der Waals surface area (Å²) < 4.78 is 0. The molecule has 0 spiro atoms. The molecule has 0 saturated heterocycles. The van der Waals surface area contributed by atoms with Gasteiger partial charge in [0.15, 0.2) is 0 Å². The van der Waals surface area contributed by atoms with Crippen LogP contribution in [0.5, 0.6) is 0 Å². The lowest BCUT2D eigenvalue weighted by Crippen LogP contribution is -2.37. The van der Waals surface area contributed by atoms with Crippen molar-refractivity contribution in [2.75, 3.05) is 19.6 Å². The molecule has 0 unspecified atom stereocenters. The van der Waals surface area contributed by atoms with Crippen LogP contribution in [0.3, 0.4) is 0 Å². The maximum Gasteiger partial charge on any atom is 0.00952 e. The first-order valence-corrected chi connectivity index (χ1v) is 8.18. The van der Waals surface area contributed by atoms with Gasteiger partial charge >= 0.3 is 0 Å². The van der Waals surface area contributed by atoms with Crippen LogP contribution in [-0.2, 0) is 0 Å². The molecule has 1 rings (SSSR count). The molecule has 108 valence electrons. The first-order valence-electron chi connectivity index (χ1n) is 8.18. The molecule has 1 fully saturated rings. The van der Waals surface area contributed by atoms with Crippen molar-refractivity contribution in [3.63, 3.8) is 0 Å². The van der Waals surface area contributed by atoms with Crippen molar-refractivity contribution in [1.82, 2.24) is 4.90 Å². The molecule has 2 nitrogen and oxygen atoms in total. The van der Waals surface area contributed by atoms with E-state index in [2.05, 4.69) is 18.7 Å². The van der Waals surface area contributed by atoms with Gasteiger partial charge in [-0.25, -0.2) is 0 Å². The van der Waals surface area contributed by atoms with Crippen LogP contribution in [0.1, 0.15) is 71.6 Å². The summed E-state index contributed by atoms with van der Waals surface area (Å²) in [5.74, 6) is 0.843. The minimum absolute atomic E-state index is 0.841. The average Bonchev–Trinajstić information content (AvgIpc) is 2.62. The van der Waals surface area contributed by atoms with E-state index >= 15 is 0 Å². The normalized spacial score (nSPS) is 18.5. The third kappa shape index (κ3) is 6.75. The van der Waals surface area contributed by atoms with Gasteiger partial charge in [-0.1, -0.05) is 39.5 Å². The van der Waals surface area contributed by atoms with Gasteiger partial charge in [-0.3, -0.25) is 0 Å². The molecule has 0 aromatic heterocycles. The first-order chi connectivity index (χ1) is 8.74. The van der Waals surface area contributed by atoms with E-state index in [1.807, 2.05) is 0 Å². The van der Waals surface area contributed by atoms with Crippen molar-refractivity contribution < 1.29 is 0 Å². The Morgan fingerprint density at radius 1 is 1.00 bits per heavy atom. The van der Waals surface area contributed by atoms with Crippen LogP contribution in [0.4, 0.5) is 0 Å². The van der Waals surface area contributed by atoms with Gasteiger partial charge in [-0.15, -0.1) is 0 Å². The predicted octanol–water partition coefficient (Wildman–Crippen LogP) is 3.80. The van der Waals surface area contributed by atoms with Crippen LogP contribution in [0, 0.1) is 5.92 Å². The van der Waals surface area contributed by atoms with E-state index in [-0.39, 0.29) is 0 Å². The summed E-state index contributed by atoms with van der Waals surface area (Å²) in [6.07, 6.45) is 12.5. The SMILES string of the molecule is CC(C)CCCN(CCCN)C1CCCCCC1. The molecule has 1 aliphatic rings. The van der Waals surface area contributed by atoms with Crippen LogP contribution in [0.15, 0.2) is 0 Å². The first kappa shape index (κ1) is 16.0. The van der Waals surface area contributed by atoms with Crippen molar-refractivity contribution in [2.24, 2.45) is 11.7 Å². The van der Waals surface area contributed by atoms with E-state index in [4.69, 9.17) is 5.73 Å². The Morgan fingerprint density at radius 3 is 2.17 bits per heavy atom. The van der Waals surface area contributed by atoms with Crippen LogP contribution in [0.25, 0.3) is 0 Å². The molecule has 0 heterocycles. The highest BCUT2D eigenvalue weighted by Gasteiger charge is 2.19. The molecule has 1 aliphatic carbocycles. The second kappa shape index (κ2) is 9.80. The van der Waals surface area contributed by atoms with Crippen LogP contribution < -0.4 is 5.73 Å². The predicted molar refractivity (Wildman–Crippen MR) is 80.8 cm³/mol. The van der Waals surface area contributed by atoms with Crippen molar-refractivity contribution in [3.8, 4) is 0 Å². The standard InChI is InChI=1S/C16H34N2/c1-15(2)9-7-13-18(14-8-12-17)16-10-5-3-4-6-11-16/h15-16H,3-14,17H2,1-2H3. The smallest absolute Gasteiger partial charge is 0.00952 e. The summed E-state index contributed by atoms with van der Waals surface area (Å²) in [4.78, 5) is 2.75. The second-order valence-electron chi connectivity index (χ2n) is 6.36. The Hall–Kier alpha value is -0.0800. The van der Waals surface area contributed by atoms with Crippen molar-refractivity contribution in [2.45, 2.75) is 77.7 Å². The highest BCUT2D eigenvalue weighted by Crippen LogP contribution is 2.22. The van der Waals surface area contributed by atoms with Gasteiger partial charge in [0, 0.05) is 6.04 Å². The van der Waals surface area contributed by atoms with E-state index in [1.165, 1.54) is 64.5 Å². The quantitative estimate of drug-likeness (QED) is 0.668. The number of hydrogen-bond donors (Lipinski definition) is 1. The molecular formula is C16H34N2. The van der Waals surface area contributed by atoms with E-state index in [0.29, 0.717) is 0 Å². The maximum atomic E-state index is 5.69. The number of rotatable bonds is 8. The van der Waals surface area contributed by atoms with Crippen molar-refractivity contribution in [3.05, 3.63) is 0 Å². The lowest BCUT2D eigenvalue weighted by molar-refractivity contribution is 0.172. The Morgan fingerprint density at radius 2 is 1.61 bits per heavy atom. The summed E-state index contributed by atoms with van der Waals surface area (Å²) in [6.45, 7) is 8.02. The Labute approximate surface area is 114 Å². The largest absolute Gasteiger partial charge is 0.330 e. The molecule has 0 radical (unpaired) electrons. The highest BCUT2D eigenvalue weighted by molar-refractivity contribution is 4.75. The summed E-state index contributed by atoms with van der Waals surface area (Å²) in [5, 5.41) is 0. The minimum atomic E-state index is 0.841. The molecule has 0 bridgehead atoms. The van der Waals surface area contributed by atoms with Gasteiger partial charge in [0.1, 0.15) is 0 Å². The van der Waals surface area contributed by atoms with Gasteiger partial charge < -0.3 is 10.6 Å². The molecule has 18 heavy (non-hydrogen) atoms. The summed E-state index contributed by atoms with van der Waals surface area (Å²) in [7, 11) is 0. The van der Waals surface area contributed by atoms with Crippen LogP contribution in [-0.4, -0.2) is 30.6 Å². The van der Waals surface area contributed by atoms with Crippen molar-refractivity contribution in [1.29, 1.82) is 0 Å². The summed E-state index contributed by atoms with van der Waals surface area (Å²) >= 11 is 0. The molecule has 0 aromatic rings. The van der Waals surface area contributed by atoms with E-state index in [0.717, 1.165) is 24.9 Å². The fourth-order valence-electron chi connectivity index (χ4n) is 3.10. The minimum Gasteiger partial charge on any atom is -0.330 e. The third-order valence-corrected chi connectivity index (χ3v) is 4.22. The third-order valence-electron chi connectivity index (χ3n) is 4.22. The number of nitrogens with two attached hydrogens (primary N) is 1. The zero-order valence-corrected chi connectivity index (χ0v) is 12.7. The Kier molecular flexibility index (Phi) is 8.70. The van der Waals surface area contributed by atoms with Crippen LogP contribution in [0.2, 0.25) is 0 Å². The molecule has 2 N–H and O–H groups in total. The van der Waals surface area contributed by atoms with E-state index < -0.39 is 0 Å². The lowest BCUT2D eigenvalue weighted by atomic mass is 10.0. The van der Waals surface area contributed by atoms with E-state index in [9.17, 15) is 0 Å². The van der Waals surface area contributed by atoms with Gasteiger partial charge in [0.05, 0.1) is 0 Å². The maximum absolute atomic E-state index is 5.69. The lowest BCUT2D eigenvalue weighted by Gasteiger charge is -2.31. The highest BCUT2D eigenvalue weighted by atomic mass is 15.1. The van der Waals surface area contributed by atoms with Gasteiger partial charge in [-0.05, 0) is 57.7 Å². The zero-order chi connectivity index (χ0) is 13.2. The second-order valence-corrected chi connectivity index (χ2v) is 6.36. The molecule has 0 aromatic carbocycles. The van der Waals surface area contributed by atoms with E-state index in [1.54, 1.807) is 0 Å². The molecular weight excluding hydrogens is 220 g/mol. The van der Waals surface area contributed by atoms with Gasteiger partial charge in [0.25, 0.3) is 0 Å². The number of nitrogens with zero attached hydrogens (tertiary/aromatic N) is 1. The fourth-order valence-corrected chi connectivity index (χ4v) is 3.10. The number of hydrogen-bond acceptors (Lipinski definition) is 2. The molecule has 0 atom stereocenters.